The molecule has 26 heavy (non-hydrogen) atoms. The van der Waals surface area contributed by atoms with E-state index in [0.29, 0.717) is 17.9 Å². The van der Waals surface area contributed by atoms with Crippen molar-refractivity contribution in [3.05, 3.63) is 29.8 Å². The molecule has 0 bridgehead atoms. The van der Waals surface area contributed by atoms with Gasteiger partial charge < -0.3 is 20.7 Å². The fourth-order valence-electron chi connectivity index (χ4n) is 3.35. The van der Waals surface area contributed by atoms with Crippen LogP contribution in [0.4, 0.5) is 4.79 Å². The van der Waals surface area contributed by atoms with Gasteiger partial charge in [0.05, 0.1) is 7.11 Å². The minimum Gasteiger partial charge on any atom is -0.497 e. The molecular weight excluding hydrogens is 336 g/mol. The van der Waals surface area contributed by atoms with Crippen LogP contribution in [-0.4, -0.2) is 55.5 Å². The predicted octanol–water partition coefficient (Wildman–Crippen LogP) is 0.330. The van der Waals surface area contributed by atoms with Crippen LogP contribution < -0.4 is 20.7 Å². The summed E-state index contributed by atoms with van der Waals surface area (Å²) < 4.78 is 5.12. The number of amides is 4. The zero-order valence-electron chi connectivity index (χ0n) is 15.0. The van der Waals surface area contributed by atoms with E-state index in [-0.39, 0.29) is 18.5 Å². The van der Waals surface area contributed by atoms with E-state index in [1.807, 2.05) is 0 Å². The lowest BCUT2D eigenvalue weighted by atomic mass is 9.92. The number of urea groups is 1. The van der Waals surface area contributed by atoms with E-state index in [1.165, 1.54) is 0 Å². The van der Waals surface area contributed by atoms with Crippen LogP contribution in [0.2, 0.25) is 0 Å². The first-order valence-electron chi connectivity index (χ1n) is 8.73. The number of carbonyl (C=O) groups is 3. The van der Waals surface area contributed by atoms with Crippen LogP contribution >= 0.6 is 0 Å². The highest BCUT2D eigenvalue weighted by molar-refractivity contribution is 6.09. The lowest BCUT2D eigenvalue weighted by molar-refractivity contribution is -0.135. The SMILES string of the molecule is COc1ccc(C2(C)NC(=O)N(CC(=O)NC3CCCNC3)C2=O)cc1. The van der Waals surface area contributed by atoms with Crippen molar-refractivity contribution in [1.29, 1.82) is 0 Å². The molecule has 2 heterocycles. The molecule has 0 aliphatic carbocycles. The second-order valence-corrected chi connectivity index (χ2v) is 6.79. The van der Waals surface area contributed by atoms with E-state index in [1.54, 1.807) is 38.3 Å². The van der Waals surface area contributed by atoms with Crippen LogP contribution in [0.15, 0.2) is 24.3 Å². The van der Waals surface area contributed by atoms with Gasteiger partial charge in [-0.2, -0.15) is 0 Å². The maximum absolute atomic E-state index is 12.8. The fraction of sp³-hybridized carbons (Fsp3) is 0.500. The Labute approximate surface area is 152 Å². The highest BCUT2D eigenvalue weighted by Gasteiger charge is 2.49. The predicted molar refractivity (Wildman–Crippen MR) is 94.6 cm³/mol. The minimum atomic E-state index is -1.20. The summed E-state index contributed by atoms with van der Waals surface area (Å²) in [5, 5.41) is 8.78. The number of hydrogen-bond donors (Lipinski definition) is 3. The molecular formula is C18H24N4O4. The summed E-state index contributed by atoms with van der Waals surface area (Å²) in [5.41, 5.74) is -0.563. The number of piperidine rings is 1. The van der Waals surface area contributed by atoms with Crippen LogP contribution in [0.5, 0.6) is 5.75 Å². The number of hydrogen-bond acceptors (Lipinski definition) is 5. The number of ether oxygens (including phenoxy) is 1. The molecule has 1 aromatic rings. The lowest BCUT2D eigenvalue weighted by Crippen LogP contribution is -2.49. The van der Waals surface area contributed by atoms with Gasteiger partial charge in [-0.25, -0.2) is 4.79 Å². The average molecular weight is 360 g/mol. The highest BCUT2D eigenvalue weighted by Crippen LogP contribution is 2.29. The first-order chi connectivity index (χ1) is 12.4. The Morgan fingerprint density at radius 2 is 2.08 bits per heavy atom. The zero-order chi connectivity index (χ0) is 18.7. The highest BCUT2D eigenvalue weighted by atomic mass is 16.5. The number of benzene rings is 1. The maximum atomic E-state index is 12.8. The minimum absolute atomic E-state index is 0.0324. The van der Waals surface area contributed by atoms with Gasteiger partial charge in [0.25, 0.3) is 5.91 Å². The molecule has 2 saturated heterocycles. The van der Waals surface area contributed by atoms with Crippen LogP contribution in [0, 0.1) is 0 Å². The van der Waals surface area contributed by atoms with Crippen LogP contribution in [0.3, 0.4) is 0 Å². The van der Waals surface area contributed by atoms with Gasteiger partial charge in [-0.05, 0) is 44.0 Å². The van der Waals surface area contributed by atoms with E-state index >= 15 is 0 Å². The van der Waals surface area contributed by atoms with Gasteiger partial charge in [0, 0.05) is 12.6 Å². The largest absolute Gasteiger partial charge is 0.497 e. The standard InChI is InChI=1S/C18H24N4O4/c1-18(12-5-7-14(26-2)8-6-12)16(24)22(17(25)21-18)11-15(23)20-13-4-3-9-19-10-13/h5-8,13,19H,3-4,9-11H2,1-2H3,(H,20,23)(H,21,25). The number of rotatable bonds is 5. The van der Waals surface area contributed by atoms with E-state index in [0.717, 1.165) is 24.3 Å². The molecule has 8 heteroatoms. The van der Waals surface area contributed by atoms with Crippen LogP contribution in [-0.2, 0) is 15.1 Å². The third kappa shape index (κ3) is 3.50. The zero-order valence-corrected chi connectivity index (χ0v) is 15.0. The maximum Gasteiger partial charge on any atom is 0.325 e. The van der Waals surface area contributed by atoms with Gasteiger partial charge in [-0.1, -0.05) is 12.1 Å². The fourth-order valence-corrected chi connectivity index (χ4v) is 3.35. The molecule has 3 rings (SSSR count). The summed E-state index contributed by atoms with van der Waals surface area (Å²) in [5.74, 6) is -0.114. The molecule has 2 atom stereocenters. The Kier molecular flexibility index (Phi) is 5.13. The van der Waals surface area contributed by atoms with E-state index in [9.17, 15) is 14.4 Å². The van der Waals surface area contributed by atoms with Crippen molar-refractivity contribution in [2.75, 3.05) is 26.7 Å². The third-order valence-electron chi connectivity index (χ3n) is 4.91. The molecule has 1 aromatic carbocycles. The summed E-state index contributed by atoms with van der Waals surface area (Å²) in [7, 11) is 1.56. The van der Waals surface area contributed by atoms with Gasteiger partial charge in [0.1, 0.15) is 17.8 Å². The Hall–Kier alpha value is -2.61. The topological polar surface area (TPSA) is 99.8 Å². The molecule has 0 spiro atoms. The van der Waals surface area contributed by atoms with Crippen molar-refractivity contribution in [3.63, 3.8) is 0 Å². The normalized spacial score (nSPS) is 25.8. The monoisotopic (exact) mass is 360 g/mol. The van der Waals surface area contributed by atoms with Crippen molar-refractivity contribution >= 4 is 17.8 Å². The molecule has 2 aliphatic rings. The Balaban J connectivity index is 1.68. The molecule has 2 fully saturated rings. The second-order valence-electron chi connectivity index (χ2n) is 6.79. The van der Waals surface area contributed by atoms with Crippen molar-refractivity contribution in [3.8, 4) is 5.75 Å². The second kappa shape index (κ2) is 7.33. The number of nitrogens with zero attached hydrogens (tertiary/aromatic N) is 1. The van der Waals surface area contributed by atoms with E-state index in [2.05, 4.69) is 16.0 Å². The van der Waals surface area contributed by atoms with Gasteiger partial charge >= 0.3 is 6.03 Å². The molecule has 2 aliphatic heterocycles. The number of nitrogens with one attached hydrogen (secondary N) is 3. The number of methoxy groups -OCH3 is 1. The van der Waals surface area contributed by atoms with Crippen molar-refractivity contribution in [2.45, 2.75) is 31.3 Å². The van der Waals surface area contributed by atoms with E-state index < -0.39 is 17.5 Å². The summed E-state index contributed by atoms with van der Waals surface area (Å²) >= 11 is 0. The quantitative estimate of drug-likeness (QED) is 0.657. The molecule has 140 valence electrons. The summed E-state index contributed by atoms with van der Waals surface area (Å²) in [6.45, 7) is 3.00. The van der Waals surface area contributed by atoms with Crippen molar-refractivity contribution < 1.29 is 19.1 Å². The number of imide groups is 1. The molecule has 0 radical (unpaired) electrons. The molecule has 4 amide bonds. The first kappa shape index (κ1) is 18.2. The first-order valence-corrected chi connectivity index (χ1v) is 8.73. The summed E-state index contributed by atoms with van der Waals surface area (Å²) in [4.78, 5) is 38.4. The van der Waals surface area contributed by atoms with Crippen LogP contribution in [0.1, 0.15) is 25.3 Å². The molecule has 2 unspecified atom stereocenters. The van der Waals surface area contributed by atoms with E-state index in [4.69, 9.17) is 4.74 Å². The van der Waals surface area contributed by atoms with Gasteiger partial charge in [-0.3, -0.25) is 14.5 Å². The van der Waals surface area contributed by atoms with Gasteiger partial charge in [0.15, 0.2) is 0 Å². The lowest BCUT2D eigenvalue weighted by Gasteiger charge is -2.25. The average Bonchev–Trinajstić information content (AvgIpc) is 2.86. The number of carbonyl (C=O) groups excluding carboxylic acids is 3. The Morgan fingerprint density at radius 1 is 1.35 bits per heavy atom. The van der Waals surface area contributed by atoms with Gasteiger partial charge in [0.2, 0.25) is 5.91 Å². The van der Waals surface area contributed by atoms with Crippen molar-refractivity contribution in [1.82, 2.24) is 20.9 Å². The van der Waals surface area contributed by atoms with Crippen LogP contribution in [0.25, 0.3) is 0 Å². The molecule has 0 saturated carbocycles. The third-order valence-corrected chi connectivity index (χ3v) is 4.91. The molecule has 8 nitrogen and oxygen atoms in total. The van der Waals surface area contributed by atoms with Gasteiger partial charge in [-0.15, -0.1) is 0 Å². The smallest absolute Gasteiger partial charge is 0.325 e. The Bertz CT molecular complexity index is 700. The summed E-state index contributed by atoms with van der Waals surface area (Å²) in [6, 6.07) is 6.38. The summed E-state index contributed by atoms with van der Waals surface area (Å²) in [6.07, 6.45) is 1.88. The molecule has 3 N–H and O–H groups in total. The Morgan fingerprint density at radius 3 is 2.69 bits per heavy atom. The molecule has 0 aromatic heterocycles. The van der Waals surface area contributed by atoms with Crippen molar-refractivity contribution in [2.24, 2.45) is 0 Å².